The van der Waals surface area contributed by atoms with Crippen LogP contribution in [0.15, 0.2) is 12.1 Å². The summed E-state index contributed by atoms with van der Waals surface area (Å²) in [5.74, 6) is 1.22. The van der Waals surface area contributed by atoms with E-state index < -0.39 is 0 Å². The minimum absolute atomic E-state index is 0.608. The SMILES string of the molecule is Cc1sc2cc(C(C)C)c(C(C)C)cc2c1C. The average molecular weight is 246 g/mol. The molecule has 1 aromatic carbocycles. The van der Waals surface area contributed by atoms with Gasteiger partial charge in [0, 0.05) is 9.58 Å². The molecule has 1 heterocycles. The van der Waals surface area contributed by atoms with Gasteiger partial charge >= 0.3 is 0 Å². The molecule has 2 aromatic rings. The van der Waals surface area contributed by atoms with Crippen molar-refractivity contribution < 1.29 is 0 Å². The molecule has 0 nitrogen and oxygen atoms in total. The predicted octanol–water partition coefficient (Wildman–Crippen LogP) is 5.76. The molecule has 0 atom stereocenters. The van der Waals surface area contributed by atoms with Crippen LogP contribution in [0.4, 0.5) is 0 Å². The van der Waals surface area contributed by atoms with E-state index in [1.807, 2.05) is 11.3 Å². The van der Waals surface area contributed by atoms with Crippen molar-refractivity contribution >= 4 is 21.4 Å². The van der Waals surface area contributed by atoms with E-state index in [0.717, 1.165) is 0 Å². The van der Waals surface area contributed by atoms with Crippen LogP contribution in [-0.2, 0) is 0 Å². The smallest absolute Gasteiger partial charge is 0.0351 e. The van der Waals surface area contributed by atoms with Gasteiger partial charge in [0.1, 0.15) is 0 Å². The average Bonchev–Trinajstić information content (AvgIpc) is 2.53. The van der Waals surface area contributed by atoms with Crippen molar-refractivity contribution in [3.63, 3.8) is 0 Å². The number of benzene rings is 1. The van der Waals surface area contributed by atoms with Gasteiger partial charge in [-0.15, -0.1) is 11.3 Å². The van der Waals surface area contributed by atoms with Crippen LogP contribution < -0.4 is 0 Å². The fraction of sp³-hybridized carbons (Fsp3) is 0.500. The van der Waals surface area contributed by atoms with Crippen molar-refractivity contribution in [2.75, 3.05) is 0 Å². The van der Waals surface area contributed by atoms with Crippen LogP contribution in [-0.4, -0.2) is 0 Å². The molecular weight excluding hydrogens is 224 g/mol. The Morgan fingerprint density at radius 3 is 1.94 bits per heavy atom. The van der Waals surface area contributed by atoms with Crippen molar-refractivity contribution in [3.05, 3.63) is 33.7 Å². The Labute approximate surface area is 109 Å². The van der Waals surface area contributed by atoms with Crippen molar-refractivity contribution in [2.24, 2.45) is 0 Å². The van der Waals surface area contributed by atoms with E-state index in [1.54, 1.807) is 0 Å². The first-order chi connectivity index (χ1) is 7.91. The molecule has 0 saturated heterocycles. The highest BCUT2D eigenvalue weighted by molar-refractivity contribution is 7.19. The second kappa shape index (κ2) is 4.45. The quantitative estimate of drug-likeness (QED) is 0.631. The van der Waals surface area contributed by atoms with E-state index in [-0.39, 0.29) is 0 Å². The molecule has 0 amide bonds. The molecule has 0 aliphatic rings. The lowest BCUT2D eigenvalue weighted by molar-refractivity contribution is 0.793. The summed E-state index contributed by atoms with van der Waals surface area (Å²) in [4.78, 5) is 1.45. The normalized spacial score (nSPS) is 12.0. The third kappa shape index (κ3) is 2.13. The topological polar surface area (TPSA) is 0 Å². The molecule has 92 valence electrons. The molecule has 0 bridgehead atoms. The van der Waals surface area contributed by atoms with Crippen LogP contribution in [0.2, 0.25) is 0 Å². The Balaban J connectivity index is 2.77. The lowest BCUT2D eigenvalue weighted by atomic mass is 9.89. The number of fused-ring (bicyclic) bond motifs is 1. The summed E-state index contributed by atoms with van der Waals surface area (Å²) >= 11 is 1.93. The number of aryl methyl sites for hydroxylation is 2. The maximum absolute atomic E-state index is 2.42. The molecule has 1 heteroatoms. The molecule has 0 radical (unpaired) electrons. The monoisotopic (exact) mass is 246 g/mol. The van der Waals surface area contributed by atoms with Crippen LogP contribution in [0.1, 0.15) is 61.1 Å². The molecule has 2 rings (SSSR count). The van der Waals surface area contributed by atoms with Gasteiger partial charge in [0.05, 0.1) is 0 Å². The van der Waals surface area contributed by atoms with Gasteiger partial charge in [-0.05, 0) is 59.9 Å². The minimum atomic E-state index is 0.608. The van der Waals surface area contributed by atoms with Gasteiger partial charge in [0.2, 0.25) is 0 Å². The van der Waals surface area contributed by atoms with Gasteiger partial charge in [-0.25, -0.2) is 0 Å². The molecule has 17 heavy (non-hydrogen) atoms. The molecule has 0 N–H and O–H groups in total. The van der Waals surface area contributed by atoms with Crippen molar-refractivity contribution in [2.45, 2.75) is 53.4 Å². The van der Waals surface area contributed by atoms with Crippen LogP contribution in [0.3, 0.4) is 0 Å². The van der Waals surface area contributed by atoms with Crippen LogP contribution in [0.5, 0.6) is 0 Å². The number of rotatable bonds is 2. The van der Waals surface area contributed by atoms with E-state index >= 15 is 0 Å². The van der Waals surface area contributed by atoms with Crippen molar-refractivity contribution in [1.29, 1.82) is 0 Å². The Kier molecular flexibility index (Phi) is 3.31. The summed E-state index contributed by atoms with van der Waals surface area (Å²) in [5, 5.41) is 1.46. The van der Waals surface area contributed by atoms with Crippen molar-refractivity contribution in [3.8, 4) is 0 Å². The number of thiophene rings is 1. The highest BCUT2D eigenvalue weighted by Crippen LogP contribution is 2.36. The molecule has 0 unspecified atom stereocenters. The summed E-state index contributed by atoms with van der Waals surface area (Å²) in [6, 6.07) is 4.84. The maximum Gasteiger partial charge on any atom is 0.0351 e. The maximum atomic E-state index is 2.42. The standard InChI is InChI=1S/C16H22S/c1-9(2)13-7-15-11(5)12(6)17-16(15)8-14(13)10(3)4/h7-10H,1-6H3. The fourth-order valence-corrected chi connectivity index (χ4v) is 3.52. The van der Waals surface area contributed by atoms with E-state index in [4.69, 9.17) is 0 Å². The fourth-order valence-electron chi connectivity index (χ4n) is 2.42. The lowest BCUT2D eigenvalue weighted by Gasteiger charge is -2.16. The Bertz CT molecular complexity index is 544. The minimum Gasteiger partial charge on any atom is -0.140 e. The summed E-state index contributed by atoms with van der Waals surface area (Å²) < 4.78 is 1.45. The van der Waals surface area contributed by atoms with E-state index in [1.165, 1.54) is 31.7 Å². The predicted molar refractivity (Wildman–Crippen MR) is 79.5 cm³/mol. The molecular formula is C16H22S. The lowest BCUT2D eigenvalue weighted by Crippen LogP contribution is -1.98. The third-order valence-corrected chi connectivity index (χ3v) is 4.79. The highest BCUT2D eigenvalue weighted by Gasteiger charge is 2.14. The highest BCUT2D eigenvalue weighted by atomic mass is 32.1. The van der Waals surface area contributed by atoms with Gasteiger partial charge in [-0.2, -0.15) is 0 Å². The molecule has 0 spiro atoms. The van der Waals surface area contributed by atoms with Gasteiger partial charge in [0.15, 0.2) is 0 Å². The van der Waals surface area contributed by atoms with Gasteiger partial charge < -0.3 is 0 Å². The summed E-state index contributed by atoms with van der Waals surface area (Å²) in [6.45, 7) is 13.6. The summed E-state index contributed by atoms with van der Waals surface area (Å²) in [7, 11) is 0. The van der Waals surface area contributed by atoms with Crippen LogP contribution >= 0.6 is 11.3 Å². The first-order valence-corrected chi connectivity index (χ1v) is 7.27. The first kappa shape index (κ1) is 12.6. The first-order valence-electron chi connectivity index (χ1n) is 6.45. The number of hydrogen-bond donors (Lipinski definition) is 0. The summed E-state index contributed by atoms with van der Waals surface area (Å²) in [5.41, 5.74) is 4.50. The molecule has 0 aliphatic heterocycles. The second-order valence-electron chi connectivity index (χ2n) is 5.57. The zero-order valence-corrected chi connectivity index (χ0v) is 12.5. The Hall–Kier alpha value is -0.820. The molecule has 0 fully saturated rings. The van der Waals surface area contributed by atoms with Gasteiger partial charge in [0.25, 0.3) is 0 Å². The van der Waals surface area contributed by atoms with Gasteiger partial charge in [-0.3, -0.25) is 0 Å². The zero-order valence-electron chi connectivity index (χ0n) is 11.7. The third-order valence-electron chi connectivity index (χ3n) is 3.62. The van der Waals surface area contributed by atoms with E-state index in [9.17, 15) is 0 Å². The zero-order chi connectivity index (χ0) is 12.7. The van der Waals surface area contributed by atoms with Crippen LogP contribution in [0.25, 0.3) is 10.1 Å². The van der Waals surface area contributed by atoms with E-state index in [2.05, 4.69) is 53.7 Å². The van der Waals surface area contributed by atoms with Crippen LogP contribution in [0, 0.1) is 13.8 Å². The second-order valence-corrected chi connectivity index (χ2v) is 6.83. The van der Waals surface area contributed by atoms with E-state index in [0.29, 0.717) is 11.8 Å². The number of hydrogen-bond acceptors (Lipinski definition) is 1. The molecule has 0 saturated carbocycles. The Morgan fingerprint density at radius 2 is 1.41 bits per heavy atom. The van der Waals surface area contributed by atoms with Crippen molar-refractivity contribution in [1.82, 2.24) is 0 Å². The molecule has 0 aliphatic carbocycles. The summed E-state index contributed by atoms with van der Waals surface area (Å²) in [6.07, 6.45) is 0. The van der Waals surface area contributed by atoms with Gasteiger partial charge in [-0.1, -0.05) is 27.7 Å². The molecule has 1 aromatic heterocycles. The Morgan fingerprint density at radius 1 is 0.882 bits per heavy atom. The largest absolute Gasteiger partial charge is 0.140 e.